The molecule has 0 fully saturated rings. The summed E-state index contributed by atoms with van der Waals surface area (Å²) in [5.41, 5.74) is 0. The predicted molar refractivity (Wildman–Crippen MR) is 94.7 cm³/mol. The molecule has 0 aliphatic heterocycles. The maximum Gasteiger partial charge on any atom is 0.192 e. The number of aliphatic hydroxyl groups is 1. The summed E-state index contributed by atoms with van der Waals surface area (Å²) in [6.45, 7) is 19.6. The van der Waals surface area contributed by atoms with Gasteiger partial charge in [-0.05, 0) is 31.0 Å². The first-order valence-electron chi connectivity index (χ1n) is 8.21. The molecule has 0 aromatic heterocycles. The van der Waals surface area contributed by atoms with Crippen LogP contribution in [0.25, 0.3) is 0 Å². The molecule has 0 heterocycles. The average molecular weight is 313 g/mol. The monoisotopic (exact) mass is 312 g/mol. The van der Waals surface area contributed by atoms with Crippen LogP contribution in [0.1, 0.15) is 54.9 Å². The van der Waals surface area contributed by atoms with Crippen LogP contribution in [0.4, 0.5) is 0 Å². The van der Waals surface area contributed by atoms with Gasteiger partial charge in [-0.2, -0.15) is 0 Å². The molecule has 1 N–H and O–H groups in total. The van der Waals surface area contributed by atoms with Crippen LogP contribution >= 0.6 is 0 Å². The molecular weight excluding hydrogens is 276 g/mol. The molecule has 3 heteroatoms. The minimum Gasteiger partial charge on any atom is -0.413 e. The van der Waals surface area contributed by atoms with E-state index in [1.807, 2.05) is 6.92 Å². The van der Waals surface area contributed by atoms with E-state index in [9.17, 15) is 5.11 Å². The summed E-state index contributed by atoms with van der Waals surface area (Å²) in [4.78, 5) is 0. The van der Waals surface area contributed by atoms with Crippen LogP contribution in [-0.2, 0) is 4.43 Å². The minimum atomic E-state index is -1.86. The van der Waals surface area contributed by atoms with E-state index in [1.54, 1.807) is 0 Å². The Hall–Kier alpha value is -0.303. The number of aliphatic hydroxyl groups excluding tert-OH is 1. The molecule has 21 heavy (non-hydrogen) atoms. The molecule has 0 aliphatic carbocycles. The van der Waals surface area contributed by atoms with Crippen molar-refractivity contribution in [3.63, 3.8) is 0 Å². The zero-order valence-corrected chi connectivity index (χ0v) is 16.5. The van der Waals surface area contributed by atoms with Gasteiger partial charge in [0.1, 0.15) is 0 Å². The molecule has 0 rings (SSSR count). The Morgan fingerprint density at radius 2 is 1.67 bits per heavy atom. The molecule has 0 radical (unpaired) electrons. The first-order chi connectivity index (χ1) is 9.39. The van der Waals surface area contributed by atoms with Crippen molar-refractivity contribution in [3.8, 4) is 12.3 Å². The fraction of sp³-hybridized carbons (Fsp3) is 0.889. The van der Waals surface area contributed by atoms with Gasteiger partial charge in [-0.3, -0.25) is 0 Å². The molecule has 0 aliphatic rings. The predicted octanol–water partition coefficient (Wildman–Crippen LogP) is 4.69. The van der Waals surface area contributed by atoms with E-state index in [0.29, 0.717) is 5.92 Å². The molecule has 0 unspecified atom stereocenters. The highest BCUT2D eigenvalue weighted by molar-refractivity contribution is 6.74. The summed E-state index contributed by atoms with van der Waals surface area (Å²) in [6.07, 6.45) is 6.06. The lowest BCUT2D eigenvalue weighted by Gasteiger charge is -2.44. The van der Waals surface area contributed by atoms with Crippen LogP contribution < -0.4 is 0 Å². The second-order valence-electron chi connectivity index (χ2n) is 8.03. The summed E-state index contributed by atoms with van der Waals surface area (Å²) < 4.78 is 6.64. The van der Waals surface area contributed by atoms with E-state index in [0.717, 1.165) is 6.42 Å². The third-order valence-electron chi connectivity index (χ3n) is 5.27. The van der Waals surface area contributed by atoms with Crippen molar-refractivity contribution in [2.75, 3.05) is 0 Å². The molecule has 124 valence electrons. The number of rotatable bonds is 7. The van der Waals surface area contributed by atoms with Gasteiger partial charge in [0.2, 0.25) is 0 Å². The van der Waals surface area contributed by atoms with Crippen molar-refractivity contribution in [1.82, 2.24) is 0 Å². The zero-order chi connectivity index (χ0) is 17.0. The van der Waals surface area contributed by atoms with Crippen LogP contribution in [0.5, 0.6) is 0 Å². The lowest BCUT2D eigenvalue weighted by atomic mass is 9.84. The van der Waals surface area contributed by atoms with Crippen LogP contribution in [0.2, 0.25) is 18.1 Å². The summed E-state index contributed by atoms with van der Waals surface area (Å²) in [5.74, 6) is 2.97. The summed E-state index contributed by atoms with van der Waals surface area (Å²) in [7, 11) is -1.86. The topological polar surface area (TPSA) is 29.5 Å². The van der Waals surface area contributed by atoms with Gasteiger partial charge in [-0.15, -0.1) is 12.3 Å². The number of hydrogen-bond acceptors (Lipinski definition) is 2. The second-order valence-corrected chi connectivity index (χ2v) is 12.8. The fourth-order valence-corrected chi connectivity index (χ4v) is 3.72. The number of terminal acetylenes is 1. The molecule has 0 spiro atoms. The van der Waals surface area contributed by atoms with Crippen molar-refractivity contribution in [2.45, 2.75) is 85.2 Å². The van der Waals surface area contributed by atoms with Gasteiger partial charge in [0.15, 0.2) is 8.32 Å². The van der Waals surface area contributed by atoms with E-state index in [1.165, 1.54) is 0 Å². The molecular formula is C18H36O2Si. The van der Waals surface area contributed by atoms with E-state index >= 15 is 0 Å². The Bertz CT molecular complexity index is 351. The Morgan fingerprint density at radius 1 is 1.19 bits per heavy atom. The van der Waals surface area contributed by atoms with Crippen molar-refractivity contribution in [2.24, 2.45) is 17.8 Å². The molecule has 0 bridgehead atoms. The first kappa shape index (κ1) is 20.7. The maximum absolute atomic E-state index is 10.5. The molecule has 2 nitrogen and oxygen atoms in total. The molecule has 0 amide bonds. The summed E-state index contributed by atoms with van der Waals surface area (Å²) in [6, 6.07) is 0. The van der Waals surface area contributed by atoms with Gasteiger partial charge < -0.3 is 9.53 Å². The van der Waals surface area contributed by atoms with Gasteiger partial charge in [0.25, 0.3) is 0 Å². The Morgan fingerprint density at radius 3 is 2.00 bits per heavy atom. The van der Waals surface area contributed by atoms with Gasteiger partial charge in [0.05, 0.1) is 12.2 Å². The fourth-order valence-electron chi connectivity index (χ4n) is 2.24. The SMILES string of the molecule is C#C[C@H](C)[C@@H](O)[C@@H](C)[C@H](O[Si](C)(C)C(C)(C)C)[C@H](C)CC. The minimum absolute atomic E-state index is 0.0418. The summed E-state index contributed by atoms with van der Waals surface area (Å²) >= 11 is 0. The second kappa shape index (κ2) is 7.81. The van der Waals surface area contributed by atoms with Crippen molar-refractivity contribution >= 4 is 8.32 Å². The van der Waals surface area contributed by atoms with Crippen LogP contribution in [0, 0.1) is 30.1 Å². The molecule has 0 aromatic rings. The third-order valence-corrected chi connectivity index (χ3v) is 9.75. The smallest absolute Gasteiger partial charge is 0.192 e. The van der Waals surface area contributed by atoms with Gasteiger partial charge in [0, 0.05) is 11.8 Å². The zero-order valence-electron chi connectivity index (χ0n) is 15.5. The highest BCUT2D eigenvalue weighted by Gasteiger charge is 2.42. The van der Waals surface area contributed by atoms with Crippen molar-refractivity contribution in [1.29, 1.82) is 0 Å². The lowest BCUT2D eigenvalue weighted by molar-refractivity contribution is -0.0125. The van der Waals surface area contributed by atoms with Gasteiger partial charge in [-0.1, -0.05) is 48.0 Å². The van der Waals surface area contributed by atoms with Crippen molar-refractivity contribution < 1.29 is 9.53 Å². The quantitative estimate of drug-likeness (QED) is 0.546. The van der Waals surface area contributed by atoms with Gasteiger partial charge >= 0.3 is 0 Å². The highest BCUT2D eigenvalue weighted by atomic mass is 28.4. The molecule has 0 saturated carbocycles. The van der Waals surface area contributed by atoms with Crippen LogP contribution in [0.15, 0.2) is 0 Å². The normalized spacial score (nSPS) is 20.2. The number of hydrogen-bond donors (Lipinski definition) is 1. The summed E-state index contributed by atoms with van der Waals surface area (Å²) in [5, 5.41) is 10.7. The maximum atomic E-state index is 10.5. The van der Waals surface area contributed by atoms with E-state index in [-0.39, 0.29) is 23.0 Å². The third kappa shape index (κ3) is 5.43. The Labute approximate surface area is 133 Å². The average Bonchev–Trinajstić information content (AvgIpc) is 2.40. The standard InChI is InChI=1S/C18H36O2Si/c1-11-13(3)16(19)15(5)17(14(4)12-2)20-21(9,10)18(6,7)8/h1,13-17,19H,12H2,2-10H3/t13-,14+,15+,16+,17+/m0/s1. The Balaban J connectivity index is 5.29. The molecule has 0 saturated heterocycles. The Kier molecular flexibility index (Phi) is 7.69. The van der Waals surface area contributed by atoms with E-state index in [2.05, 4.69) is 60.6 Å². The highest BCUT2D eigenvalue weighted by Crippen LogP contribution is 2.40. The van der Waals surface area contributed by atoms with Gasteiger partial charge in [-0.25, -0.2) is 0 Å². The first-order valence-corrected chi connectivity index (χ1v) is 11.1. The van der Waals surface area contributed by atoms with E-state index < -0.39 is 14.4 Å². The largest absolute Gasteiger partial charge is 0.413 e. The van der Waals surface area contributed by atoms with Crippen LogP contribution in [-0.4, -0.2) is 25.6 Å². The molecule has 0 aromatic carbocycles. The van der Waals surface area contributed by atoms with E-state index in [4.69, 9.17) is 10.8 Å². The molecule has 5 atom stereocenters. The van der Waals surface area contributed by atoms with Crippen LogP contribution in [0.3, 0.4) is 0 Å². The lowest BCUT2D eigenvalue weighted by Crippen LogP contribution is -2.49. The van der Waals surface area contributed by atoms with Crippen molar-refractivity contribution in [3.05, 3.63) is 0 Å².